The molecule has 2 aromatic rings. The third-order valence-electron chi connectivity index (χ3n) is 5.07. The van der Waals surface area contributed by atoms with E-state index in [2.05, 4.69) is 15.3 Å². The van der Waals surface area contributed by atoms with Gasteiger partial charge in [0.1, 0.15) is 11.5 Å². The molecule has 1 atom stereocenters. The zero-order valence-corrected chi connectivity index (χ0v) is 19.2. The van der Waals surface area contributed by atoms with Gasteiger partial charge in [-0.2, -0.15) is 0 Å². The lowest BCUT2D eigenvalue weighted by Crippen LogP contribution is -2.31. The Morgan fingerprint density at radius 1 is 1.27 bits per heavy atom. The average molecular weight is 435 g/mol. The number of phenolic OH excluding ortho intramolecular Hbond substituents is 1. The van der Waals surface area contributed by atoms with E-state index in [1.807, 2.05) is 27.7 Å². The standard InChI is InChI=1S/C21H30N3O5P/c1-13-7-16(8-17(27-6)19(13)25)18(30(26)28-11-21(4,5)12-29-30)10-23-20-15(3)24-14(2)9-22-20/h7-9,18,25H,10-12H2,1-6H3,(H,22,23). The third kappa shape index (κ3) is 4.77. The van der Waals surface area contributed by atoms with Crippen LogP contribution in [-0.4, -0.2) is 41.9 Å². The van der Waals surface area contributed by atoms with Crippen LogP contribution in [0.5, 0.6) is 11.5 Å². The highest BCUT2D eigenvalue weighted by Crippen LogP contribution is 2.64. The SMILES string of the molecule is COc1cc(C(CNc2ncc(C)nc2C)P2(=O)OCC(C)(C)CO2)cc(C)c1O. The molecule has 1 aromatic carbocycles. The van der Waals surface area contributed by atoms with Crippen LogP contribution in [0.15, 0.2) is 18.3 Å². The number of phenols is 1. The zero-order valence-electron chi connectivity index (χ0n) is 18.4. The molecule has 30 heavy (non-hydrogen) atoms. The van der Waals surface area contributed by atoms with Crippen molar-refractivity contribution >= 4 is 13.4 Å². The second-order valence-electron chi connectivity index (χ2n) is 8.48. The molecule has 2 heterocycles. The summed E-state index contributed by atoms with van der Waals surface area (Å²) in [6.07, 6.45) is 1.68. The number of aryl methyl sites for hydroxylation is 3. The molecule has 1 aromatic heterocycles. The van der Waals surface area contributed by atoms with Crippen molar-refractivity contribution in [3.63, 3.8) is 0 Å². The Hall–Kier alpha value is -2.15. The molecule has 1 aliphatic heterocycles. The number of ether oxygens (including phenoxy) is 1. The first-order valence-electron chi connectivity index (χ1n) is 9.85. The van der Waals surface area contributed by atoms with Crippen LogP contribution in [0.4, 0.5) is 5.82 Å². The van der Waals surface area contributed by atoms with Gasteiger partial charge in [0.25, 0.3) is 0 Å². The van der Waals surface area contributed by atoms with Crippen molar-refractivity contribution in [2.24, 2.45) is 5.41 Å². The Morgan fingerprint density at radius 3 is 2.53 bits per heavy atom. The molecule has 0 spiro atoms. The van der Waals surface area contributed by atoms with Gasteiger partial charge in [-0.3, -0.25) is 9.55 Å². The number of hydrogen-bond donors (Lipinski definition) is 2. The molecule has 0 bridgehead atoms. The van der Waals surface area contributed by atoms with E-state index < -0.39 is 13.3 Å². The van der Waals surface area contributed by atoms with Crippen molar-refractivity contribution in [1.29, 1.82) is 0 Å². The number of rotatable bonds is 6. The summed E-state index contributed by atoms with van der Waals surface area (Å²) in [6.45, 7) is 10.4. The van der Waals surface area contributed by atoms with E-state index in [1.165, 1.54) is 7.11 Å². The number of aromatic hydroxyl groups is 1. The van der Waals surface area contributed by atoms with Crippen LogP contribution < -0.4 is 10.1 Å². The minimum atomic E-state index is -3.50. The van der Waals surface area contributed by atoms with Crippen molar-refractivity contribution in [1.82, 2.24) is 9.97 Å². The lowest BCUT2D eigenvalue weighted by atomic mass is 9.97. The molecule has 3 rings (SSSR count). The fourth-order valence-electron chi connectivity index (χ4n) is 3.29. The zero-order chi connectivity index (χ0) is 22.1. The van der Waals surface area contributed by atoms with Crippen LogP contribution in [0.1, 0.15) is 42.0 Å². The predicted octanol–water partition coefficient (Wildman–Crippen LogP) is 4.54. The van der Waals surface area contributed by atoms with Gasteiger partial charge in [-0.05, 0) is 38.0 Å². The maximum Gasteiger partial charge on any atom is 0.339 e. The number of anilines is 1. The van der Waals surface area contributed by atoms with Crippen molar-refractivity contribution in [3.8, 4) is 11.5 Å². The van der Waals surface area contributed by atoms with Gasteiger partial charge in [-0.15, -0.1) is 0 Å². The van der Waals surface area contributed by atoms with Crippen LogP contribution in [-0.2, 0) is 13.6 Å². The quantitative estimate of drug-likeness (QED) is 0.638. The Balaban J connectivity index is 1.97. The van der Waals surface area contributed by atoms with E-state index in [0.29, 0.717) is 35.9 Å². The molecule has 8 nitrogen and oxygen atoms in total. The summed E-state index contributed by atoms with van der Waals surface area (Å²) in [6, 6.07) is 3.46. The summed E-state index contributed by atoms with van der Waals surface area (Å²) in [5, 5.41) is 13.5. The molecule has 0 aliphatic carbocycles. The molecule has 164 valence electrons. The molecule has 0 radical (unpaired) electrons. The highest BCUT2D eigenvalue weighted by molar-refractivity contribution is 7.54. The second kappa shape index (κ2) is 8.53. The minimum Gasteiger partial charge on any atom is -0.504 e. The van der Waals surface area contributed by atoms with Gasteiger partial charge in [0, 0.05) is 12.0 Å². The van der Waals surface area contributed by atoms with E-state index in [-0.39, 0.29) is 17.7 Å². The number of aromatic nitrogens is 2. The number of hydrogen-bond acceptors (Lipinski definition) is 8. The van der Waals surface area contributed by atoms with E-state index in [1.54, 1.807) is 25.3 Å². The first kappa shape index (κ1) is 22.5. The largest absolute Gasteiger partial charge is 0.504 e. The van der Waals surface area contributed by atoms with E-state index in [4.69, 9.17) is 13.8 Å². The summed E-state index contributed by atoms with van der Waals surface area (Å²) in [5.41, 5.74) is 2.04. The van der Waals surface area contributed by atoms with Gasteiger partial charge in [0.15, 0.2) is 11.5 Å². The van der Waals surface area contributed by atoms with Crippen LogP contribution in [0, 0.1) is 26.2 Å². The fourth-order valence-corrected chi connectivity index (χ4v) is 5.61. The van der Waals surface area contributed by atoms with Crippen molar-refractivity contribution in [2.45, 2.75) is 40.3 Å². The van der Waals surface area contributed by atoms with Crippen molar-refractivity contribution < 1.29 is 23.5 Å². The molecule has 2 N–H and O–H groups in total. The smallest absolute Gasteiger partial charge is 0.339 e. The molecule has 1 unspecified atom stereocenters. The summed E-state index contributed by atoms with van der Waals surface area (Å²) in [7, 11) is -2.02. The van der Waals surface area contributed by atoms with E-state index in [9.17, 15) is 9.67 Å². The van der Waals surface area contributed by atoms with Gasteiger partial charge in [0.05, 0.1) is 37.9 Å². The van der Waals surface area contributed by atoms with E-state index in [0.717, 1.165) is 11.4 Å². The summed E-state index contributed by atoms with van der Waals surface area (Å²) in [4.78, 5) is 8.81. The number of methoxy groups -OCH3 is 1. The van der Waals surface area contributed by atoms with E-state index >= 15 is 0 Å². The van der Waals surface area contributed by atoms with Crippen molar-refractivity contribution in [3.05, 3.63) is 40.8 Å². The highest BCUT2D eigenvalue weighted by atomic mass is 31.2. The van der Waals surface area contributed by atoms with Crippen LogP contribution >= 0.6 is 7.60 Å². The molecule has 1 fully saturated rings. The Labute approximate surface area is 177 Å². The molecule has 1 saturated heterocycles. The molecule has 0 amide bonds. The first-order valence-corrected chi connectivity index (χ1v) is 11.5. The topological polar surface area (TPSA) is 103 Å². The second-order valence-corrected chi connectivity index (χ2v) is 10.7. The van der Waals surface area contributed by atoms with Gasteiger partial charge in [0.2, 0.25) is 0 Å². The number of nitrogens with one attached hydrogen (secondary N) is 1. The Morgan fingerprint density at radius 2 is 1.93 bits per heavy atom. The average Bonchev–Trinajstić information content (AvgIpc) is 2.68. The van der Waals surface area contributed by atoms with Gasteiger partial charge >= 0.3 is 7.60 Å². The van der Waals surface area contributed by atoms with Gasteiger partial charge in [-0.25, -0.2) is 4.98 Å². The number of nitrogens with zero attached hydrogens (tertiary/aromatic N) is 2. The van der Waals surface area contributed by atoms with Crippen LogP contribution in [0.2, 0.25) is 0 Å². The van der Waals surface area contributed by atoms with Gasteiger partial charge in [-0.1, -0.05) is 19.9 Å². The normalized spacial score (nSPS) is 18.6. The lowest BCUT2D eigenvalue weighted by Gasteiger charge is -2.37. The van der Waals surface area contributed by atoms with Crippen LogP contribution in [0.3, 0.4) is 0 Å². The molecule has 0 saturated carbocycles. The lowest BCUT2D eigenvalue weighted by molar-refractivity contribution is 0.0382. The molecule has 9 heteroatoms. The molecular weight excluding hydrogens is 405 g/mol. The van der Waals surface area contributed by atoms with Crippen LogP contribution in [0.25, 0.3) is 0 Å². The van der Waals surface area contributed by atoms with Crippen molar-refractivity contribution in [2.75, 3.05) is 32.2 Å². The van der Waals surface area contributed by atoms with Gasteiger partial charge < -0.3 is 24.2 Å². The highest BCUT2D eigenvalue weighted by Gasteiger charge is 2.44. The molecular formula is C21H30N3O5P. The minimum absolute atomic E-state index is 0.0538. The maximum atomic E-state index is 13.8. The first-order chi connectivity index (χ1) is 14.0. The Bertz CT molecular complexity index is 965. The fraction of sp³-hybridized carbons (Fsp3) is 0.524. The third-order valence-corrected chi connectivity index (χ3v) is 7.30. The summed E-state index contributed by atoms with van der Waals surface area (Å²) >= 11 is 0. The monoisotopic (exact) mass is 435 g/mol. The molecule has 1 aliphatic rings. The number of benzene rings is 1. The summed E-state index contributed by atoms with van der Waals surface area (Å²) < 4.78 is 30.7. The Kier molecular flexibility index (Phi) is 6.41. The maximum absolute atomic E-state index is 13.8. The summed E-state index contributed by atoms with van der Waals surface area (Å²) in [5.74, 6) is 0.973. The predicted molar refractivity (Wildman–Crippen MR) is 115 cm³/mol.